The molecule has 90 valence electrons. The second-order valence-electron chi connectivity index (χ2n) is 3.68. The molecule has 0 radical (unpaired) electrons. The lowest BCUT2D eigenvalue weighted by molar-refractivity contribution is 0.605. The molecule has 6 nitrogen and oxygen atoms in total. The fraction of sp³-hybridized carbons (Fsp3) is 0.364. The first-order valence-corrected chi connectivity index (χ1v) is 5.49. The van der Waals surface area contributed by atoms with Crippen LogP contribution in [-0.2, 0) is 13.1 Å². The van der Waals surface area contributed by atoms with E-state index in [1.165, 1.54) is 15.3 Å². The minimum Gasteiger partial charge on any atom is -0.398 e. The summed E-state index contributed by atoms with van der Waals surface area (Å²) in [5, 5.41) is 0.316. The van der Waals surface area contributed by atoms with Gasteiger partial charge in [-0.1, -0.05) is 0 Å². The highest BCUT2D eigenvalue weighted by Gasteiger charge is 2.13. The second kappa shape index (κ2) is 4.04. The molecular formula is C11H14N4O2. The monoisotopic (exact) mass is 234 g/mol. The van der Waals surface area contributed by atoms with E-state index in [0.29, 0.717) is 29.8 Å². The molecule has 0 aliphatic heterocycles. The zero-order chi connectivity index (χ0) is 12.6. The van der Waals surface area contributed by atoms with Crippen molar-refractivity contribution in [2.24, 2.45) is 0 Å². The number of hydrogen-bond acceptors (Lipinski definition) is 4. The number of fused-ring (bicyclic) bond motifs is 1. The third-order valence-electron chi connectivity index (χ3n) is 2.77. The third-order valence-corrected chi connectivity index (χ3v) is 2.77. The Morgan fingerprint density at radius 2 is 1.88 bits per heavy atom. The van der Waals surface area contributed by atoms with Crippen LogP contribution < -0.4 is 17.0 Å². The summed E-state index contributed by atoms with van der Waals surface area (Å²) >= 11 is 0. The van der Waals surface area contributed by atoms with Crippen LogP contribution in [0.15, 0.2) is 21.9 Å². The summed E-state index contributed by atoms with van der Waals surface area (Å²) in [6, 6.07) is 1.56. The summed E-state index contributed by atoms with van der Waals surface area (Å²) in [6.45, 7) is 4.35. The Kier molecular flexibility index (Phi) is 2.71. The standard InChI is InChI=1S/C11H14N4O2/c1-3-14-9-8(7(12)5-6-13-9)10(16)15(4-2)11(14)17/h5-6H,3-4H2,1-2H3,(H2,12,13). The van der Waals surface area contributed by atoms with Gasteiger partial charge in [0, 0.05) is 25.0 Å². The topological polar surface area (TPSA) is 82.9 Å². The van der Waals surface area contributed by atoms with Crippen molar-refractivity contribution in [2.75, 3.05) is 5.73 Å². The number of nitrogens with zero attached hydrogens (tertiary/aromatic N) is 3. The Morgan fingerprint density at radius 3 is 2.47 bits per heavy atom. The van der Waals surface area contributed by atoms with Crippen LogP contribution >= 0.6 is 0 Å². The predicted octanol–water partition coefficient (Wildman–Crippen LogP) is 0.180. The van der Waals surface area contributed by atoms with Gasteiger partial charge < -0.3 is 5.73 Å². The van der Waals surface area contributed by atoms with Crippen molar-refractivity contribution in [3.63, 3.8) is 0 Å². The van der Waals surface area contributed by atoms with E-state index in [0.717, 1.165) is 0 Å². The van der Waals surface area contributed by atoms with Crippen molar-refractivity contribution in [3.8, 4) is 0 Å². The van der Waals surface area contributed by atoms with Gasteiger partial charge in [0.15, 0.2) is 5.65 Å². The van der Waals surface area contributed by atoms with Crippen molar-refractivity contribution < 1.29 is 0 Å². The molecule has 17 heavy (non-hydrogen) atoms. The van der Waals surface area contributed by atoms with Gasteiger partial charge in [0.05, 0.1) is 0 Å². The van der Waals surface area contributed by atoms with E-state index in [4.69, 9.17) is 5.73 Å². The van der Waals surface area contributed by atoms with Crippen molar-refractivity contribution in [1.82, 2.24) is 14.1 Å². The Hall–Kier alpha value is -2.11. The lowest BCUT2D eigenvalue weighted by Gasteiger charge is -2.11. The number of pyridine rings is 1. The van der Waals surface area contributed by atoms with Crippen molar-refractivity contribution in [1.29, 1.82) is 0 Å². The summed E-state index contributed by atoms with van der Waals surface area (Å²) in [7, 11) is 0. The highest BCUT2D eigenvalue weighted by molar-refractivity contribution is 5.86. The molecule has 0 bridgehead atoms. The van der Waals surface area contributed by atoms with E-state index in [9.17, 15) is 9.59 Å². The van der Waals surface area contributed by atoms with E-state index in [1.807, 2.05) is 6.92 Å². The van der Waals surface area contributed by atoms with Crippen LogP contribution in [0.2, 0.25) is 0 Å². The normalized spacial score (nSPS) is 10.9. The lowest BCUT2D eigenvalue weighted by atomic mass is 10.3. The maximum Gasteiger partial charge on any atom is 0.332 e. The van der Waals surface area contributed by atoms with Crippen LogP contribution in [0.3, 0.4) is 0 Å². The minimum absolute atomic E-state index is 0.316. The van der Waals surface area contributed by atoms with Crippen LogP contribution in [0.5, 0.6) is 0 Å². The fourth-order valence-corrected chi connectivity index (χ4v) is 1.91. The minimum atomic E-state index is -0.372. The molecule has 6 heteroatoms. The second-order valence-corrected chi connectivity index (χ2v) is 3.68. The van der Waals surface area contributed by atoms with Gasteiger partial charge in [-0.25, -0.2) is 9.78 Å². The Bertz CT molecular complexity index is 684. The molecule has 0 fully saturated rings. The van der Waals surface area contributed by atoms with Crippen LogP contribution in [0.4, 0.5) is 5.69 Å². The van der Waals surface area contributed by atoms with Gasteiger partial charge >= 0.3 is 5.69 Å². The molecule has 0 atom stereocenters. The maximum absolute atomic E-state index is 12.1. The number of aryl methyl sites for hydroxylation is 1. The first-order chi connectivity index (χ1) is 8.11. The molecule has 0 aromatic carbocycles. The molecule has 0 saturated heterocycles. The van der Waals surface area contributed by atoms with Crippen molar-refractivity contribution in [2.45, 2.75) is 26.9 Å². The quantitative estimate of drug-likeness (QED) is 0.803. The number of hydrogen-bond donors (Lipinski definition) is 1. The Morgan fingerprint density at radius 1 is 1.24 bits per heavy atom. The lowest BCUT2D eigenvalue weighted by Crippen LogP contribution is -2.40. The summed E-state index contributed by atoms with van der Waals surface area (Å²) < 4.78 is 2.63. The summed E-state index contributed by atoms with van der Waals surface area (Å²) in [4.78, 5) is 28.2. The van der Waals surface area contributed by atoms with E-state index >= 15 is 0 Å². The molecule has 2 rings (SSSR count). The summed E-state index contributed by atoms with van der Waals surface area (Å²) in [6.07, 6.45) is 1.50. The van der Waals surface area contributed by atoms with E-state index in [-0.39, 0.29) is 11.2 Å². The fourth-order valence-electron chi connectivity index (χ4n) is 1.91. The van der Waals surface area contributed by atoms with Gasteiger partial charge in [-0.3, -0.25) is 13.9 Å². The van der Waals surface area contributed by atoms with Crippen molar-refractivity contribution >= 4 is 16.7 Å². The number of nitrogens with two attached hydrogens (primary N) is 1. The molecule has 0 amide bonds. The van der Waals surface area contributed by atoms with Crippen LogP contribution in [0, 0.1) is 0 Å². The highest BCUT2D eigenvalue weighted by Crippen LogP contribution is 2.12. The molecule has 2 aromatic rings. The number of rotatable bonds is 2. The van der Waals surface area contributed by atoms with Gasteiger partial charge in [-0.2, -0.15) is 0 Å². The van der Waals surface area contributed by atoms with E-state index in [1.54, 1.807) is 13.0 Å². The molecule has 2 heterocycles. The van der Waals surface area contributed by atoms with E-state index < -0.39 is 0 Å². The van der Waals surface area contributed by atoms with Gasteiger partial charge in [0.2, 0.25) is 0 Å². The van der Waals surface area contributed by atoms with Gasteiger partial charge in [-0.15, -0.1) is 0 Å². The number of anilines is 1. The first-order valence-electron chi connectivity index (χ1n) is 5.49. The summed E-state index contributed by atoms with van der Waals surface area (Å²) in [5.74, 6) is 0. The van der Waals surface area contributed by atoms with E-state index in [2.05, 4.69) is 4.98 Å². The molecule has 0 unspecified atom stereocenters. The number of nitrogen functional groups attached to an aromatic ring is 1. The summed E-state index contributed by atoms with van der Waals surface area (Å²) in [5.41, 5.74) is 5.78. The zero-order valence-corrected chi connectivity index (χ0v) is 9.80. The maximum atomic E-state index is 12.1. The van der Waals surface area contributed by atoms with Crippen LogP contribution in [-0.4, -0.2) is 14.1 Å². The molecular weight excluding hydrogens is 220 g/mol. The van der Waals surface area contributed by atoms with Crippen LogP contribution in [0.1, 0.15) is 13.8 Å². The third kappa shape index (κ3) is 1.52. The predicted molar refractivity (Wildman–Crippen MR) is 66.0 cm³/mol. The van der Waals surface area contributed by atoms with Gasteiger partial charge in [0.25, 0.3) is 5.56 Å². The number of aromatic nitrogens is 3. The highest BCUT2D eigenvalue weighted by atomic mass is 16.2. The SMILES string of the molecule is CCn1c(=O)c2c(N)ccnc2n(CC)c1=O. The van der Waals surface area contributed by atoms with Crippen molar-refractivity contribution in [3.05, 3.63) is 33.1 Å². The Balaban J connectivity index is 3.13. The largest absolute Gasteiger partial charge is 0.398 e. The molecule has 2 N–H and O–H groups in total. The zero-order valence-electron chi connectivity index (χ0n) is 9.80. The van der Waals surface area contributed by atoms with Crippen LogP contribution in [0.25, 0.3) is 11.0 Å². The molecule has 2 aromatic heterocycles. The average molecular weight is 234 g/mol. The Labute approximate surface area is 97.3 Å². The smallest absolute Gasteiger partial charge is 0.332 e. The molecule has 0 aliphatic carbocycles. The van der Waals surface area contributed by atoms with Gasteiger partial charge in [0.1, 0.15) is 5.39 Å². The first kappa shape index (κ1) is 11.4. The average Bonchev–Trinajstić information content (AvgIpc) is 2.30. The molecule has 0 aliphatic rings. The van der Waals surface area contributed by atoms with Gasteiger partial charge in [-0.05, 0) is 19.9 Å². The molecule has 0 spiro atoms. The molecule has 0 saturated carbocycles.